The molecule has 0 saturated heterocycles. The Hall–Kier alpha value is -1.68. The maximum absolute atomic E-state index is 12.0. The average molecular weight is 305 g/mol. The molecular formula is C14H13BrN2O. The van der Waals surface area contributed by atoms with Gasteiger partial charge in [0.25, 0.3) is 5.91 Å². The summed E-state index contributed by atoms with van der Waals surface area (Å²) in [5.74, 6) is -0.159. The second kappa shape index (κ2) is 5.31. The van der Waals surface area contributed by atoms with Crippen LogP contribution in [0.15, 0.2) is 41.0 Å². The lowest BCUT2D eigenvalue weighted by molar-refractivity contribution is 0.102. The minimum atomic E-state index is -0.159. The van der Waals surface area contributed by atoms with Gasteiger partial charge in [-0.15, -0.1) is 0 Å². The van der Waals surface area contributed by atoms with Crippen LogP contribution in [0.2, 0.25) is 0 Å². The minimum absolute atomic E-state index is 0.159. The molecule has 1 heterocycles. The summed E-state index contributed by atoms with van der Waals surface area (Å²) in [5, 5.41) is 2.86. The van der Waals surface area contributed by atoms with Crippen LogP contribution in [-0.2, 0) is 0 Å². The molecule has 2 rings (SSSR count). The third-order valence-electron chi connectivity index (χ3n) is 2.54. The maximum atomic E-state index is 12.0. The SMILES string of the molecule is Cc1ccc(Br)c(NC(=O)c2ccc(C)nc2)c1. The van der Waals surface area contributed by atoms with E-state index < -0.39 is 0 Å². The summed E-state index contributed by atoms with van der Waals surface area (Å²) >= 11 is 3.41. The summed E-state index contributed by atoms with van der Waals surface area (Å²) < 4.78 is 0.863. The van der Waals surface area contributed by atoms with E-state index in [1.54, 1.807) is 12.3 Å². The van der Waals surface area contributed by atoms with Crippen LogP contribution in [0, 0.1) is 13.8 Å². The number of nitrogens with zero attached hydrogens (tertiary/aromatic N) is 1. The van der Waals surface area contributed by atoms with E-state index in [4.69, 9.17) is 0 Å². The van der Waals surface area contributed by atoms with Crippen molar-refractivity contribution in [2.45, 2.75) is 13.8 Å². The summed E-state index contributed by atoms with van der Waals surface area (Å²) in [5.41, 5.74) is 3.30. The fraction of sp³-hybridized carbons (Fsp3) is 0.143. The van der Waals surface area contributed by atoms with E-state index in [0.717, 1.165) is 21.4 Å². The van der Waals surface area contributed by atoms with Crippen molar-refractivity contribution in [3.63, 3.8) is 0 Å². The molecule has 0 aliphatic carbocycles. The number of rotatable bonds is 2. The van der Waals surface area contributed by atoms with Gasteiger partial charge in [0.05, 0.1) is 11.3 Å². The number of halogens is 1. The van der Waals surface area contributed by atoms with Crippen molar-refractivity contribution < 1.29 is 4.79 Å². The van der Waals surface area contributed by atoms with Gasteiger partial charge in [-0.25, -0.2) is 0 Å². The van der Waals surface area contributed by atoms with Gasteiger partial charge < -0.3 is 5.32 Å². The summed E-state index contributed by atoms with van der Waals surface area (Å²) in [6, 6.07) is 9.40. The number of carbonyl (C=O) groups is 1. The molecule has 0 aliphatic rings. The first-order chi connectivity index (χ1) is 8.56. The summed E-state index contributed by atoms with van der Waals surface area (Å²) in [7, 11) is 0. The van der Waals surface area contributed by atoms with Crippen LogP contribution in [0.25, 0.3) is 0 Å². The summed E-state index contributed by atoms with van der Waals surface area (Å²) in [4.78, 5) is 16.1. The lowest BCUT2D eigenvalue weighted by Crippen LogP contribution is -2.12. The number of hydrogen-bond acceptors (Lipinski definition) is 2. The Labute approximate surface area is 114 Å². The van der Waals surface area contributed by atoms with Gasteiger partial charge in [-0.2, -0.15) is 0 Å². The molecule has 0 aliphatic heterocycles. The van der Waals surface area contributed by atoms with Gasteiger partial charge in [-0.1, -0.05) is 6.07 Å². The Morgan fingerprint density at radius 3 is 2.67 bits per heavy atom. The normalized spacial score (nSPS) is 10.2. The molecular weight excluding hydrogens is 292 g/mol. The third kappa shape index (κ3) is 2.96. The molecule has 0 unspecified atom stereocenters. The molecule has 0 bridgehead atoms. The van der Waals surface area contributed by atoms with Gasteiger partial charge in [-0.05, 0) is 59.6 Å². The highest BCUT2D eigenvalue weighted by Crippen LogP contribution is 2.23. The monoisotopic (exact) mass is 304 g/mol. The average Bonchev–Trinajstić information content (AvgIpc) is 2.34. The molecule has 0 spiro atoms. The van der Waals surface area contributed by atoms with Crippen LogP contribution < -0.4 is 5.32 Å². The number of aromatic nitrogens is 1. The van der Waals surface area contributed by atoms with E-state index in [9.17, 15) is 4.79 Å². The second-order valence-electron chi connectivity index (χ2n) is 4.13. The number of pyridine rings is 1. The lowest BCUT2D eigenvalue weighted by atomic mass is 10.2. The van der Waals surface area contributed by atoms with Crippen molar-refractivity contribution in [3.8, 4) is 0 Å². The quantitative estimate of drug-likeness (QED) is 0.919. The fourth-order valence-electron chi connectivity index (χ4n) is 1.53. The third-order valence-corrected chi connectivity index (χ3v) is 3.24. The van der Waals surface area contributed by atoms with Crippen molar-refractivity contribution in [2.24, 2.45) is 0 Å². The molecule has 4 heteroatoms. The second-order valence-corrected chi connectivity index (χ2v) is 4.98. The first-order valence-corrected chi connectivity index (χ1v) is 6.36. The Kier molecular flexibility index (Phi) is 3.77. The summed E-state index contributed by atoms with van der Waals surface area (Å²) in [6.07, 6.45) is 1.58. The zero-order chi connectivity index (χ0) is 13.1. The Morgan fingerprint density at radius 1 is 1.22 bits per heavy atom. The van der Waals surface area contributed by atoms with E-state index in [0.29, 0.717) is 5.56 Å². The highest BCUT2D eigenvalue weighted by molar-refractivity contribution is 9.10. The summed E-state index contributed by atoms with van der Waals surface area (Å²) in [6.45, 7) is 3.87. The predicted molar refractivity (Wildman–Crippen MR) is 75.8 cm³/mol. The lowest BCUT2D eigenvalue weighted by Gasteiger charge is -2.08. The smallest absolute Gasteiger partial charge is 0.257 e. The zero-order valence-electron chi connectivity index (χ0n) is 10.2. The molecule has 92 valence electrons. The molecule has 0 atom stereocenters. The van der Waals surface area contributed by atoms with Crippen LogP contribution in [0.4, 0.5) is 5.69 Å². The largest absolute Gasteiger partial charge is 0.321 e. The number of nitrogens with one attached hydrogen (secondary N) is 1. The highest BCUT2D eigenvalue weighted by Gasteiger charge is 2.08. The van der Waals surface area contributed by atoms with Crippen LogP contribution >= 0.6 is 15.9 Å². The number of benzene rings is 1. The molecule has 0 radical (unpaired) electrons. The van der Waals surface area contributed by atoms with Crippen molar-refractivity contribution in [2.75, 3.05) is 5.32 Å². The number of amides is 1. The van der Waals surface area contributed by atoms with Crippen molar-refractivity contribution in [3.05, 3.63) is 57.8 Å². The number of aryl methyl sites for hydroxylation is 2. The Balaban J connectivity index is 2.21. The fourth-order valence-corrected chi connectivity index (χ4v) is 1.88. The highest BCUT2D eigenvalue weighted by atomic mass is 79.9. The Bertz CT molecular complexity index is 579. The first-order valence-electron chi connectivity index (χ1n) is 5.56. The predicted octanol–water partition coefficient (Wildman–Crippen LogP) is 3.71. The van der Waals surface area contributed by atoms with E-state index >= 15 is 0 Å². The molecule has 18 heavy (non-hydrogen) atoms. The first kappa shape index (κ1) is 12.8. The van der Waals surface area contributed by atoms with Crippen molar-refractivity contribution in [1.82, 2.24) is 4.98 Å². The van der Waals surface area contributed by atoms with E-state index in [2.05, 4.69) is 26.2 Å². The minimum Gasteiger partial charge on any atom is -0.321 e. The molecule has 0 saturated carbocycles. The molecule has 1 aromatic heterocycles. The van der Waals surface area contributed by atoms with Crippen LogP contribution in [0.1, 0.15) is 21.6 Å². The number of carbonyl (C=O) groups excluding carboxylic acids is 1. The topological polar surface area (TPSA) is 42.0 Å². The van der Waals surface area contributed by atoms with Gasteiger partial charge in [0.1, 0.15) is 0 Å². The van der Waals surface area contributed by atoms with E-state index in [1.807, 2.05) is 38.1 Å². The van der Waals surface area contributed by atoms with Crippen LogP contribution in [0.5, 0.6) is 0 Å². The molecule has 1 N–H and O–H groups in total. The molecule has 1 aromatic carbocycles. The van der Waals surface area contributed by atoms with E-state index in [-0.39, 0.29) is 5.91 Å². The van der Waals surface area contributed by atoms with Crippen molar-refractivity contribution in [1.29, 1.82) is 0 Å². The van der Waals surface area contributed by atoms with Gasteiger partial charge in [-0.3, -0.25) is 9.78 Å². The van der Waals surface area contributed by atoms with Gasteiger partial charge in [0, 0.05) is 16.4 Å². The van der Waals surface area contributed by atoms with Crippen LogP contribution in [0.3, 0.4) is 0 Å². The maximum Gasteiger partial charge on any atom is 0.257 e. The molecule has 3 nitrogen and oxygen atoms in total. The van der Waals surface area contributed by atoms with Gasteiger partial charge in [0.2, 0.25) is 0 Å². The molecule has 2 aromatic rings. The van der Waals surface area contributed by atoms with Gasteiger partial charge in [0.15, 0.2) is 0 Å². The Morgan fingerprint density at radius 2 is 2.00 bits per heavy atom. The standard InChI is InChI=1S/C14H13BrN2O/c1-9-3-6-12(15)13(7-9)17-14(18)11-5-4-10(2)16-8-11/h3-8H,1-2H3,(H,17,18). The van der Waals surface area contributed by atoms with Crippen LogP contribution in [-0.4, -0.2) is 10.9 Å². The number of anilines is 1. The zero-order valence-corrected chi connectivity index (χ0v) is 11.8. The van der Waals surface area contributed by atoms with Crippen molar-refractivity contribution >= 4 is 27.5 Å². The molecule has 0 fully saturated rings. The van der Waals surface area contributed by atoms with Gasteiger partial charge >= 0.3 is 0 Å². The number of hydrogen-bond donors (Lipinski definition) is 1. The molecule has 1 amide bonds. The van der Waals surface area contributed by atoms with E-state index in [1.165, 1.54) is 0 Å².